The summed E-state index contributed by atoms with van der Waals surface area (Å²) in [6.45, 7) is 1.72. The number of fused-ring (bicyclic) bond motifs is 1. The molecular formula is C28H24N4O3S. The van der Waals surface area contributed by atoms with Gasteiger partial charge in [0, 0.05) is 29.2 Å². The predicted molar refractivity (Wildman–Crippen MR) is 142 cm³/mol. The van der Waals surface area contributed by atoms with E-state index in [1.54, 1.807) is 23.6 Å². The van der Waals surface area contributed by atoms with Crippen LogP contribution in [0.3, 0.4) is 0 Å². The summed E-state index contributed by atoms with van der Waals surface area (Å²) in [6.07, 6.45) is 1.73. The third kappa shape index (κ3) is 5.10. The van der Waals surface area contributed by atoms with Crippen molar-refractivity contribution in [3.8, 4) is 28.4 Å². The van der Waals surface area contributed by atoms with Gasteiger partial charge in [-0.05, 0) is 42.3 Å². The lowest BCUT2D eigenvalue weighted by molar-refractivity contribution is -0.118. The van der Waals surface area contributed by atoms with Gasteiger partial charge in [0.05, 0.1) is 12.0 Å². The minimum Gasteiger partial charge on any atom is -0.485 e. The van der Waals surface area contributed by atoms with E-state index in [1.807, 2.05) is 48.5 Å². The van der Waals surface area contributed by atoms with Crippen LogP contribution in [0.4, 0.5) is 5.82 Å². The van der Waals surface area contributed by atoms with E-state index in [2.05, 4.69) is 27.8 Å². The fraction of sp³-hybridized carbons (Fsp3) is 0.143. The second-order valence-corrected chi connectivity index (χ2v) is 9.11. The van der Waals surface area contributed by atoms with E-state index in [-0.39, 0.29) is 19.0 Å². The van der Waals surface area contributed by atoms with Crippen molar-refractivity contribution < 1.29 is 14.6 Å². The number of hydrogen-bond acceptors (Lipinski definition) is 8. The average molecular weight is 497 g/mol. The maximum absolute atomic E-state index is 11.3. The molecule has 0 bridgehead atoms. The van der Waals surface area contributed by atoms with Crippen LogP contribution >= 0.6 is 11.3 Å². The standard InChI is InChI=1S/C28H24N4O3S/c1-18(34)16-35-24-11-10-19(13-21(24)15-33)14-30-27-25-22(20-7-3-2-4-8-20)17-36-28(25)32-26(31-27)23-9-5-6-12-29-23/h2-13,17,33H,14-16H2,1H3,(H,30,31,32). The van der Waals surface area contributed by atoms with Crippen LogP contribution in [0.5, 0.6) is 5.75 Å². The summed E-state index contributed by atoms with van der Waals surface area (Å²) in [5.74, 6) is 1.69. The van der Waals surface area contributed by atoms with E-state index >= 15 is 0 Å². The number of rotatable bonds is 9. The zero-order valence-electron chi connectivity index (χ0n) is 19.6. The first-order chi connectivity index (χ1) is 17.6. The van der Waals surface area contributed by atoms with Crippen molar-refractivity contribution in [2.24, 2.45) is 0 Å². The third-order valence-electron chi connectivity index (χ3n) is 5.60. The number of aliphatic hydroxyl groups excluding tert-OH is 1. The Balaban J connectivity index is 1.51. The third-order valence-corrected chi connectivity index (χ3v) is 6.47. The normalized spacial score (nSPS) is 10.9. The van der Waals surface area contributed by atoms with Gasteiger partial charge in [0.2, 0.25) is 0 Å². The van der Waals surface area contributed by atoms with E-state index in [9.17, 15) is 9.90 Å². The van der Waals surface area contributed by atoms with Crippen LogP contribution in [-0.2, 0) is 17.9 Å². The number of ether oxygens (including phenoxy) is 1. The van der Waals surface area contributed by atoms with E-state index in [0.29, 0.717) is 35.2 Å². The highest BCUT2D eigenvalue weighted by molar-refractivity contribution is 7.17. The molecule has 0 unspecified atom stereocenters. The van der Waals surface area contributed by atoms with E-state index in [0.717, 1.165) is 26.9 Å². The van der Waals surface area contributed by atoms with Gasteiger partial charge >= 0.3 is 0 Å². The molecular weight excluding hydrogens is 472 g/mol. The van der Waals surface area contributed by atoms with Gasteiger partial charge in [-0.25, -0.2) is 9.97 Å². The van der Waals surface area contributed by atoms with Crippen molar-refractivity contribution in [2.45, 2.75) is 20.1 Å². The molecule has 0 fully saturated rings. The van der Waals surface area contributed by atoms with E-state index < -0.39 is 0 Å². The van der Waals surface area contributed by atoms with E-state index in [1.165, 1.54) is 6.92 Å². The molecule has 180 valence electrons. The monoisotopic (exact) mass is 496 g/mol. The highest BCUT2D eigenvalue weighted by Crippen LogP contribution is 2.38. The maximum atomic E-state index is 11.3. The number of nitrogens with one attached hydrogen (secondary N) is 1. The first kappa shape index (κ1) is 23.6. The van der Waals surface area contributed by atoms with E-state index in [4.69, 9.17) is 14.7 Å². The van der Waals surface area contributed by atoms with Crippen molar-refractivity contribution in [1.29, 1.82) is 0 Å². The second-order valence-electron chi connectivity index (χ2n) is 8.25. The van der Waals surface area contributed by atoms with Crippen LogP contribution in [0.15, 0.2) is 78.3 Å². The van der Waals surface area contributed by atoms with Crippen LogP contribution in [0, 0.1) is 0 Å². The number of Topliss-reactive ketones (excluding diaryl/α,β-unsaturated/α-hetero) is 1. The smallest absolute Gasteiger partial charge is 0.181 e. The molecule has 0 amide bonds. The molecule has 0 spiro atoms. The zero-order valence-corrected chi connectivity index (χ0v) is 20.5. The number of pyridine rings is 1. The molecule has 36 heavy (non-hydrogen) atoms. The van der Waals surface area contributed by atoms with Gasteiger partial charge in [-0.1, -0.05) is 42.5 Å². The molecule has 2 aromatic carbocycles. The quantitative estimate of drug-likeness (QED) is 0.278. The van der Waals surface area contributed by atoms with Crippen molar-refractivity contribution in [3.63, 3.8) is 0 Å². The van der Waals surface area contributed by atoms with Crippen molar-refractivity contribution >= 4 is 33.2 Å². The molecule has 3 heterocycles. The Morgan fingerprint density at radius 1 is 1.06 bits per heavy atom. The minimum absolute atomic E-state index is 0.0275. The van der Waals surface area contributed by atoms with Crippen LogP contribution in [0.1, 0.15) is 18.1 Å². The van der Waals surface area contributed by atoms with Crippen LogP contribution < -0.4 is 10.1 Å². The molecule has 8 heteroatoms. The number of hydrogen-bond donors (Lipinski definition) is 2. The molecule has 3 aromatic heterocycles. The number of thiophene rings is 1. The Bertz CT molecular complexity index is 1500. The lowest BCUT2D eigenvalue weighted by atomic mass is 10.1. The molecule has 0 radical (unpaired) electrons. The molecule has 0 aliphatic carbocycles. The first-order valence-electron chi connectivity index (χ1n) is 11.5. The largest absolute Gasteiger partial charge is 0.485 e. The number of aliphatic hydroxyl groups is 1. The van der Waals surface area contributed by atoms with Gasteiger partial charge in [-0.2, -0.15) is 0 Å². The summed E-state index contributed by atoms with van der Waals surface area (Å²) in [4.78, 5) is 26.2. The Hall–Kier alpha value is -4.14. The lowest BCUT2D eigenvalue weighted by Gasteiger charge is -2.13. The molecule has 2 N–H and O–H groups in total. The fourth-order valence-electron chi connectivity index (χ4n) is 3.88. The van der Waals surface area contributed by atoms with Gasteiger partial charge in [0.25, 0.3) is 0 Å². The molecule has 0 saturated heterocycles. The van der Waals surface area contributed by atoms with Crippen LogP contribution in [0.25, 0.3) is 32.9 Å². The van der Waals surface area contributed by atoms with Gasteiger partial charge in [0.15, 0.2) is 11.6 Å². The van der Waals surface area contributed by atoms with Gasteiger partial charge < -0.3 is 15.2 Å². The van der Waals surface area contributed by atoms with Gasteiger partial charge in [-0.15, -0.1) is 11.3 Å². The lowest BCUT2D eigenvalue weighted by Crippen LogP contribution is -2.09. The maximum Gasteiger partial charge on any atom is 0.181 e. The number of ketones is 1. The Labute approximate surface area is 212 Å². The van der Waals surface area contributed by atoms with Gasteiger partial charge in [0.1, 0.15) is 28.7 Å². The number of carbonyl (C=O) groups is 1. The Morgan fingerprint density at radius 3 is 2.64 bits per heavy atom. The summed E-state index contributed by atoms with van der Waals surface area (Å²) >= 11 is 1.57. The molecule has 5 rings (SSSR count). The number of anilines is 1. The molecule has 0 atom stereocenters. The summed E-state index contributed by atoms with van der Waals surface area (Å²) in [5.41, 5.74) is 4.42. The van der Waals surface area contributed by atoms with Crippen LogP contribution in [0.2, 0.25) is 0 Å². The molecule has 0 saturated carbocycles. The number of benzene rings is 2. The molecule has 0 aliphatic heterocycles. The molecule has 0 aliphatic rings. The summed E-state index contributed by atoms with van der Waals surface area (Å²) in [5, 5.41) is 16.4. The number of aromatic nitrogens is 3. The predicted octanol–water partition coefficient (Wildman–Crippen LogP) is 5.49. The highest BCUT2D eigenvalue weighted by atomic mass is 32.1. The fourth-order valence-corrected chi connectivity index (χ4v) is 4.83. The number of carbonyl (C=O) groups excluding carboxylic acids is 1. The molecule has 5 aromatic rings. The van der Waals surface area contributed by atoms with Crippen molar-refractivity contribution in [1.82, 2.24) is 15.0 Å². The van der Waals surface area contributed by atoms with Crippen LogP contribution in [-0.4, -0.2) is 32.4 Å². The number of nitrogens with zero attached hydrogens (tertiary/aromatic N) is 3. The highest BCUT2D eigenvalue weighted by Gasteiger charge is 2.17. The summed E-state index contributed by atoms with van der Waals surface area (Å²) in [6, 6.07) is 21.4. The first-order valence-corrected chi connectivity index (χ1v) is 12.3. The Morgan fingerprint density at radius 2 is 1.89 bits per heavy atom. The summed E-state index contributed by atoms with van der Waals surface area (Å²) < 4.78 is 5.53. The summed E-state index contributed by atoms with van der Waals surface area (Å²) in [7, 11) is 0. The second kappa shape index (κ2) is 10.6. The Kier molecular flexibility index (Phi) is 6.97. The average Bonchev–Trinajstić information content (AvgIpc) is 3.36. The zero-order chi connectivity index (χ0) is 24.9. The topological polar surface area (TPSA) is 97.2 Å². The SMILES string of the molecule is CC(=O)COc1ccc(CNc2nc(-c3ccccn3)nc3scc(-c4ccccc4)c23)cc1CO. The van der Waals surface area contributed by atoms with Gasteiger partial charge in [-0.3, -0.25) is 9.78 Å². The van der Waals surface area contributed by atoms with Crippen molar-refractivity contribution in [2.75, 3.05) is 11.9 Å². The minimum atomic E-state index is -0.189. The van der Waals surface area contributed by atoms with Crippen molar-refractivity contribution in [3.05, 3.63) is 89.4 Å². The molecule has 7 nitrogen and oxygen atoms in total.